The van der Waals surface area contributed by atoms with Crippen LogP contribution in [0.4, 0.5) is 0 Å². The molecule has 1 heterocycles. The standard InChI is InChI=1S/C14H27NO3/c1-11(2)13(14(16)17-3)10-15-7-4-12-5-8-18-9-6-12/h11-13,15H,4-10H2,1-3H3. The molecule has 0 radical (unpaired) electrons. The molecule has 0 aromatic carbocycles. The van der Waals surface area contributed by atoms with E-state index in [1.54, 1.807) is 0 Å². The Balaban J connectivity index is 2.16. The molecule has 1 N–H and O–H groups in total. The molecule has 1 saturated heterocycles. The van der Waals surface area contributed by atoms with Crippen molar-refractivity contribution in [3.05, 3.63) is 0 Å². The van der Waals surface area contributed by atoms with Crippen molar-refractivity contribution in [3.63, 3.8) is 0 Å². The summed E-state index contributed by atoms with van der Waals surface area (Å²) in [6.07, 6.45) is 3.52. The third kappa shape index (κ3) is 5.36. The van der Waals surface area contributed by atoms with Crippen molar-refractivity contribution in [1.29, 1.82) is 0 Å². The Kier molecular flexibility index (Phi) is 7.28. The molecule has 1 rings (SSSR count). The summed E-state index contributed by atoms with van der Waals surface area (Å²) in [6.45, 7) is 7.62. The van der Waals surface area contributed by atoms with Gasteiger partial charge in [0.1, 0.15) is 0 Å². The van der Waals surface area contributed by atoms with Gasteiger partial charge < -0.3 is 14.8 Å². The SMILES string of the molecule is COC(=O)C(CNCCC1CCOCC1)C(C)C. The number of methoxy groups -OCH3 is 1. The minimum Gasteiger partial charge on any atom is -0.469 e. The summed E-state index contributed by atoms with van der Waals surface area (Å²) in [4.78, 5) is 11.6. The minimum absolute atomic E-state index is 0.0373. The van der Waals surface area contributed by atoms with Crippen LogP contribution in [0.3, 0.4) is 0 Å². The van der Waals surface area contributed by atoms with Gasteiger partial charge in [0, 0.05) is 19.8 Å². The predicted octanol–water partition coefficient (Wildman–Crippen LogP) is 1.84. The van der Waals surface area contributed by atoms with Gasteiger partial charge in [-0.3, -0.25) is 4.79 Å². The van der Waals surface area contributed by atoms with Crippen molar-refractivity contribution in [2.75, 3.05) is 33.4 Å². The van der Waals surface area contributed by atoms with Crippen LogP contribution < -0.4 is 5.32 Å². The van der Waals surface area contributed by atoms with Gasteiger partial charge in [0.25, 0.3) is 0 Å². The lowest BCUT2D eigenvalue weighted by atomic mass is 9.95. The Labute approximate surface area is 110 Å². The highest BCUT2D eigenvalue weighted by atomic mass is 16.5. The zero-order valence-electron chi connectivity index (χ0n) is 11.9. The van der Waals surface area contributed by atoms with Crippen LogP contribution in [0.15, 0.2) is 0 Å². The van der Waals surface area contributed by atoms with Gasteiger partial charge in [0.2, 0.25) is 0 Å². The Morgan fingerprint density at radius 3 is 2.61 bits per heavy atom. The van der Waals surface area contributed by atoms with Crippen molar-refractivity contribution in [2.24, 2.45) is 17.8 Å². The molecule has 1 aliphatic heterocycles. The second kappa shape index (κ2) is 8.48. The Morgan fingerprint density at radius 2 is 2.06 bits per heavy atom. The zero-order valence-corrected chi connectivity index (χ0v) is 11.9. The van der Waals surface area contributed by atoms with Crippen molar-refractivity contribution >= 4 is 5.97 Å². The molecule has 0 saturated carbocycles. The average molecular weight is 257 g/mol. The Bertz CT molecular complexity index is 237. The molecule has 1 fully saturated rings. The summed E-state index contributed by atoms with van der Waals surface area (Å²) >= 11 is 0. The summed E-state index contributed by atoms with van der Waals surface area (Å²) < 4.78 is 10.2. The number of esters is 1. The van der Waals surface area contributed by atoms with E-state index in [2.05, 4.69) is 19.2 Å². The van der Waals surface area contributed by atoms with E-state index in [0.29, 0.717) is 12.5 Å². The van der Waals surface area contributed by atoms with E-state index in [4.69, 9.17) is 9.47 Å². The molecular weight excluding hydrogens is 230 g/mol. The van der Waals surface area contributed by atoms with Crippen molar-refractivity contribution < 1.29 is 14.3 Å². The topological polar surface area (TPSA) is 47.6 Å². The van der Waals surface area contributed by atoms with Gasteiger partial charge in [-0.05, 0) is 37.6 Å². The number of hydrogen-bond donors (Lipinski definition) is 1. The molecule has 1 atom stereocenters. The minimum atomic E-state index is -0.108. The lowest BCUT2D eigenvalue weighted by Gasteiger charge is -2.23. The molecule has 106 valence electrons. The molecular formula is C14H27NO3. The zero-order chi connectivity index (χ0) is 13.4. The molecule has 4 heteroatoms. The van der Waals surface area contributed by atoms with Crippen molar-refractivity contribution in [2.45, 2.75) is 33.1 Å². The van der Waals surface area contributed by atoms with Gasteiger partial charge in [-0.25, -0.2) is 0 Å². The van der Waals surface area contributed by atoms with E-state index in [0.717, 1.165) is 25.7 Å². The molecule has 0 amide bonds. The fraction of sp³-hybridized carbons (Fsp3) is 0.929. The van der Waals surface area contributed by atoms with Crippen molar-refractivity contribution in [1.82, 2.24) is 5.32 Å². The molecule has 0 spiro atoms. The summed E-state index contributed by atoms with van der Waals surface area (Å²) in [5, 5.41) is 3.39. The van der Waals surface area contributed by atoms with Crippen LogP contribution in [0.5, 0.6) is 0 Å². The monoisotopic (exact) mass is 257 g/mol. The lowest BCUT2D eigenvalue weighted by Crippen LogP contribution is -2.34. The van der Waals surface area contributed by atoms with E-state index in [9.17, 15) is 4.79 Å². The highest BCUT2D eigenvalue weighted by Crippen LogP contribution is 2.17. The van der Waals surface area contributed by atoms with Gasteiger partial charge in [0.05, 0.1) is 13.0 Å². The maximum Gasteiger partial charge on any atom is 0.310 e. The number of nitrogens with one attached hydrogen (secondary N) is 1. The largest absolute Gasteiger partial charge is 0.469 e. The summed E-state index contributed by atoms with van der Waals surface area (Å²) in [7, 11) is 1.46. The predicted molar refractivity (Wildman–Crippen MR) is 71.4 cm³/mol. The van der Waals surface area contributed by atoms with E-state index in [-0.39, 0.29) is 11.9 Å². The average Bonchev–Trinajstić information content (AvgIpc) is 2.38. The van der Waals surface area contributed by atoms with Crippen LogP contribution in [-0.4, -0.2) is 39.4 Å². The molecule has 0 aromatic rings. The lowest BCUT2D eigenvalue weighted by molar-refractivity contribution is -0.146. The second-order valence-electron chi connectivity index (χ2n) is 5.42. The van der Waals surface area contributed by atoms with Gasteiger partial charge in [-0.1, -0.05) is 13.8 Å². The number of rotatable bonds is 7. The highest BCUT2D eigenvalue weighted by molar-refractivity contribution is 5.72. The first kappa shape index (κ1) is 15.4. The number of ether oxygens (including phenoxy) is 2. The van der Waals surface area contributed by atoms with Crippen LogP contribution in [-0.2, 0) is 14.3 Å². The first-order valence-electron chi connectivity index (χ1n) is 7.01. The smallest absolute Gasteiger partial charge is 0.310 e. The molecule has 0 bridgehead atoms. The van der Waals surface area contributed by atoms with Gasteiger partial charge in [0.15, 0.2) is 0 Å². The molecule has 0 aromatic heterocycles. The van der Waals surface area contributed by atoms with Gasteiger partial charge in [-0.2, -0.15) is 0 Å². The van der Waals surface area contributed by atoms with E-state index in [1.807, 2.05) is 0 Å². The second-order valence-corrected chi connectivity index (χ2v) is 5.42. The first-order chi connectivity index (χ1) is 8.65. The maximum atomic E-state index is 11.6. The highest BCUT2D eigenvalue weighted by Gasteiger charge is 2.22. The normalized spacial score (nSPS) is 18.9. The third-order valence-electron chi connectivity index (χ3n) is 3.74. The number of hydrogen-bond acceptors (Lipinski definition) is 4. The first-order valence-corrected chi connectivity index (χ1v) is 7.01. The van der Waals surface area contributed by atoms with Crippen LogP contribution in [0.25, 0.3) is 0 Å². The third-order valence-corrected chi connectivity index (χ3v) is 3.74. The fourth-order valence-corrected chi connectivity index (χ4v) is 2.34. The van der Waals surface area contributed by atoms with Gasteiger partial charge in [-0.15, -0.1) is 0 Å². The molecule has 1 aliphatic rings. The van der Waals surface area contributed by atoms with E-state index >= 15 is 0 Å². The molecule has 4 nitrogen and oxygen atoms in total. The summed E-state index contributed by atoms with van der Waals surface area (Å²) in [5.41, 5.74) is 0. The number of carbonyl (C=O) groups is 1. The fourth-order valence-electron chi connectivity index (χ4n) is 2.34. The van der Waals surface area contributed by atoms with Crippen LogP contribution in [0.1, 0.15) is 33.1 Å². The molecule has 18 heavy (non-hydrogen) atoms. The Hall–Kier alpha value is -0.610. The Morgan fingerprint density at radius 1 is 1.39 bits per heavy atom. The number of carbonyl (C=O) groups excluding carboxylic acids is 1. The van der Waals surface area contributed by atoms with Gasteiger partial charge >= 0.3 is 5.97 Å². The van der Waals surface area contributed by atoms with Crippen LogP contribution in [0.2, 0.25) is 0 Å². The quantitative estimate of drug-likeness (QED) is 0.558. The summed E-state index contributed by atoms with van der Waals surface area (Å²) in [5.74, 6) is 0.947. The van der Waals surface area contributed by atoms with Crippen LogP contribution in [0, 0.1) is 17.8 Å². The molecule has 0 aliphatic carbocycles. The summed E-state index contributed by atoms with van der Waals surface area (Å²) in [6, 6.07) is 0. The van der Waals surface area contributed by atoms with E-state index in [1.165, 1.54) is 26.4 Å². The van der Waals surface area contributed by atoms with Crippen LogP contribution >= 0.6 is 0 Å². The maximum absolute atomic E-state index is 11.6. The molecule has 1 unspecified atom stereocenters. The van der Waals surface area contributed by atoms with E-state index < -0.39 is 0 Å². The van der Waals surface area contributed by atoms with Crippen molar-refractivity contribution in [3.8, 4) is 0 Å².